The van der Waals surface area contributed by atoms with Crippen LogP contribution in [0.4, 0.5) is 0 Å². The number of ether oxygens (including phenoxy) is 1. The Bertz CT molecular complexity index is 839. The van der Waals surface area contributed by atoms with Gasteiger partial charge in [0.2, 0.25) is 5.88 Å². The minimum absolute atomic E-state index is 0.468. The largest absolute Gasteiger partial charge is 0.478 e. The van der Waals surface area contributed by atoms with E-state index in [1.54, 1.807) is 10.8 Å². The fourth-order valence-electron chi connectivity index (χ4n) is 2.44. The van der Waals surface area contributed by atoms with Crippen LogP contribution in [0, 0.1) is 6.92 Å². The van der Waals surface area contributed by atoms with E-state index in [1.165, 1.54) is 0 Å². The number of fused-ring (bicyclic) bond motifs is 1. The number of hydrogen-bond acceptors (Lipinski definition) is 4. The third kappa shape index (κ3) is 3.24. The molecular formula is C18H19N3O2. The highest BCUT2D eigenvalue weighted by Crippen LogP contribution is 2.22. The second-order valence-electron chi connectivity index (χ2n) is 5.29. The molecule has 0 radical (unpaired) electrons. The van der Waals surface area contributed by atoms with Gasteiger partial charge >= 0.3 is 0 Å². The zero-order chi connectivity index (χ0) is 16.2. The van der Waals surface area contributed by atoms with E-state index >= 15 is 0 Å². The van der Waals surface area contributed by atoms with E-state index < -0.39 is 6.10 Å². The Hall–Kier alpha value is -2.66. The molecule has 23 heavy (non-hydrogen) atoms. The third-order valence-corrected chi connectivity index (χ3v) is 3.54. The van der Waals surface area contributed by atoms with Crippen LogP contribution in [0.3, 0.4) is 0 Å². The Balaban J connectivity index is 2.01. The summed E-state index contributed by atoms with van der Waals surface area (Å²) in [6.07, 6.45) is 0.874. The van der Waals surface area contributed by atoms with Gasteiger partial charge in [-0.3, -0.25) is 0 Å². The van der Waals surface area contributed by atoms with Crippen molar-refractivity contribution in [1.82, 2.24) is 15.0 Å². The zero-order valence-corrected chi connectivity index (χ0v) is 13.2. The van der Waals surface area contributed by atoms with E-state index in [1.807, 2.05) is 62.4 Å². The van der Waals surface area contributed by atoms with Crippen LogP contribution < -0.4 is 0 Å². The van der Waals surface area contributed by atoms with Gasteiger partial charge in [0.05, 0.1) is 12.1 Å². The van der Waals surface area contributed by atoms with Gasteiger partial charge in [-0.15, -0.1) is 5.10 Å². The van der Waals surface area contributed by atoms with Crippen LogP contribution in [0.1, 0.15) is 24.2 Å². The van der Waals surface area contributed by atoms with Crippen LogP contribution in [-0.2, 0) is 4.74 Å². The monoisotopic (exact) mass is 309 g/mol. The summed E-state index contributed by atoms with van der Waals surface area (Å²) in [6, 6.07) is 15.4. The maximum atomic E-state index is 10.5. The zero-order valence-electron chi connectivity index (χ0n) is 13.2. The van der Waals surface area contributed by atoms with Crippen LogP contribution in [-0.4, -0.2) is 26.7 Å². The van der Waals surface area contributed by atoms with Crippen molar-refractivity contribution < 1.29 is 9.84 Å². The fraction of sp³-hybridized carbons (Fsp3) is 0.222. The molecule has 2 aromatic carbocycles. The standard InChI is InChI=1S/C18H19N3O2/c1-3-23-18(12-17(22)14-8-6-7-13(2)11-14)21-16-10-5-4-9-15(16)19-20-21/h4-12,17,22H,3H2,1-2H3/b18-12+. The molecule has 3 aromatic rings. The molecule has 0 aliphatic rings. The van der Waals surface area contributed by atoms with Gasteiger partial charge in [0, 0.05) is 6.08 Å². The van der Waals surface area contributed by atoms with Crippen molar-refractivity contribution in [2.75, 3.05) is 6.61 Å². The number of nitrogens with zero attached hydrogens (tertiary/aromatic N) is 3. The van der Waals surface area contributed by atoms with E-state index in [9.17, 15) is 5.11 Å². The Kier molecular flexibility index (Phi) is 4.39. The molecule has 118 valence electrons. The van der Waals surface area contributed by atoms with Crippen molar-refractivity contribution in [1.29, 1.82) is 0 Å². The molecule has 0 aliphatic carbocycles. The number of para-hydroxylation sites is 1. The normalized spacial score (nSPS) is 13.3. The molecule has 0 spiro atoms. The van der Waals surface area contributed by atoms with Gasteiger partial charge in [-0.2, -0.15) is 4.68 Å². The predicted octanol–water partition coefficient (Wildman–Crippen LogP) is 3.31. The van der Waals surface area contributed by atoms with Gasteiger partial charge in [-0.25, -0.2) is 0 Å². The minimum Gasteiger partial charge on any atom is -0.478 e. The molecule has 1 heterocycles. The Labute approximate surface area is 134 Å². The molecule has 5 heteroatoms. The van der Waals surface area contributed by atoms with E-state index in [2.05, 4.69) is 10.3 Å². The van der Waals surface area contributed by atoms with E-state index in [-0.39, 0.29) is 0 Å². The summed E-state index contributed by atoms with van der Waals surface area (Å²) in [6.45, 7) is 4.36. The first-order chi connectivity index (χ1) is 11.2. The maximum absolute atomic E-state index is 10.5. The van der Waals surface area contributed by atoms with Crippen molar-refractivity contribution in [3.8, 4) is 0 Å². The van der Waals surface area contributed by atoms with Crippen molar-refractivity contribution in [3.05, 3.63) is 65.7 Å². The van der Waals surface area contributed by atoms with Crippen molar-refractivity contribution in [3.63, 3.8) is 0 Å². The first kappa shape index (κ1) is 15.2. The molecule has 1 aromatic heterocycles. The van der Waals surface area contributed by atoms with E-state index in [4.69, 9.17) is 4.74 Å². The van der Waals surface area contributed by atoms with Crippen LogP contribution in [0.2, 0.25) is 0 Å². The summed E-state index contributed by atoms with van der Waals surface area (Å²) in [5.74, 6) is 0.468. The molecule has 0 saturated carbocycles. The summed E-state index contributed by atoms with van der Waals surface area (Å²) in [4.78, 5) is 0. The van der Waals surface area contributed by atoms with E-state index in [0.29, 0.717) is 12.5 Å². The lowest BCUT2D eigenvalue weighted by Crippen LogP contribution is -2.06. The maximum Gasteiger partial charge on any atom is 0.215 e. The van der Waals surface area contributed by atoms with Gasteiger partial charge in [-0.05, 0) is 31.5 Å². The Morgan fingerprint density at radius 2 is 2.09 bits per heavy atom. The highest BCUT2D eigenvalue weighted by molar-refractivity contribution is 5.76. The summed E-state index contributed by atoms with van der Waals surface area (Å²) in [5.41, 5.74) is 3.53. The summed E-state index contributed by atoms with van der Waals surface area (Å²) in [5, 5.41) is 18.8. The lowest BCUT2D eigenvalue weighted by atomic mass is 10.1. The van der Waals surface area contributed by atoms with E-state index in [0.717, 1.165) is 22.2 Å². The SMILES string of the molecule is CCO/C(=C/C(O)c1cccc(C)c1)n1nnc2ccccc21. The second-order valence-corrected chi connectivity index (χ2v) is 5.29. The van der Waals surface area contributed by atoms with Crippen LogP contribution in [0.25, 0.3) is 16.9 Å². The molecule has 1 N–H and O–H groups in total. The van der Waals surface area contributed by atoms with Gasteiger partial charge in [0.1, 0.15) is 11.6 Å². The summed E-state index contributed by atoms with van der Waals surface area (Å²) >= 11 is 0. The van der Waals surface area contributed by atoms with Crippen LogP contribution >= 0.6 is 0 Å². The van der Waals surface area contributed by atoms with Gasteiger partial charge < -0.3 is 9.84 Å². The highest BCUT2D eigenvalue weighted by atomic mass is 16.5. The highest BCUT2D eigenvalue weighted by Gasteiger charge is 2.13. The lowest BCUT2D eigenvalue weighted by Gasteiger charge is -2.12. The molecule has 0 fully saturated rings. The number of aryl methyl sites for hydroxylation is 1. The summed E-state index contributed by atoms with van der Waals surface area (Å²) in [7, 11) is 0. The van der Waals surface area contributed by atoms with Gasteiger partial charge in [0.15, 0.2) is 0 Å². The van der Waals surface area contributed by atoms with Crippen LogP contribution in [0.5, 0.6) is 0 Å². The van der Waals surface area contributed by atoms with Crippen molar-refractivity contribution in [2.45, 2.75) is 20.0 Å². The predicted molar refractivity (Wildman–Crippen MR) is 89.6 cm³/mol. The molecule has 0 bridgehead atoms. The topological polar surface area (TPSA) is 60.2 Å². The fourth-order valence-corrected chi connectivity index (χ4v) is 2.44. The first-order valence-electron chi connectivity index (χ1n) is 7.59. The molecule has 5 nitrogen and oxygen atoms in total. The molecule has 0 saturated heterocycles. The number of aliphatic hydroxyl groups is 1. The van der Waals surface area contributed by atoms with Gasteiger partial charge in [0.25, 0.3) is 0 Å². The number of aromatic nitrogens is 3. The molecule has 1 unspecified atom stereocenters. The number of benzene rings is 2. The average molecular weight is 309 g/mol. The molecule has 0 aliphatic heterocycles. The molecule has 3 rings (SSSR count). The molecular weight excluding hydrogens is 290 g/mol. The van der Waals surface area contributed by atoms with Crippen molar-refractivity contribution >= 4 is 16.9 Å². The second kappa shape index (κ2) is 6.62. The molecule has 1 atom stereocenters. The van der Waals surface area contributed by atoms with Crippen LogP contribution in [0.15, 0.2) is 54.6 Å². The third-order valence-electron chi connectivity index (χ3n) is 3.54. The van der Waals surface area contributed by atoms with Gasteiger partial charge in [-0.1, -0.05) is 47.2 Å². The number of rotatable bonds is 5. The Morgan fingerprint density at radius 1 is 1.26 bits per heavy atom. The number of aliphatic hydroxyl groups excluding tert-OH is 1. The Morgan fingerprint density at radius 3 is 2.87 bits per heavy atom. The smallest absolute Gasteiger partial charge is 0.215 e. The lowest BCUT2D eigenvalue weighted by molar-refractivity contribution is 0.216. The summed E-state index contributed by atoms with van der Waals surface area (Å²) < 4.78 is 7.29. The quantitative estimate of drug-likeness (QED) is 0.735. The first-order valence-corrected chi connectivity index (χ1v) is 7.59. The minimum atomic E-state index is -0.778. The molecule has 0 amide bonds. The average Bonchev–Trinajstić information content (AvgIpc) is 2.98. The number of hydrogen-bond donors (Lipinski definition) is 1. The van der Waals surface area contributed by atoms with Crippen molar-refractivity contribution in [2.24, 2.45) is 0 Å².